The molecule has 0 spiro atoms. The second-order valence-corrected chi connectivity index (χ2v) is 11.0. The Labute approximate surface area is 274 Å². The molecule has 1 amide bonds. The molecule has 4 rings (SSSR count). The molecule has 2 aromatic rings. The SMILES string of the molecule is CC(C(=O)O)N1CCN(c2cc(Cl)nnc2N)C[C@H]1C.CNC(=O)C(C)N1CCN(c2cc(Cl)nnc2N)C[C@H]1C.Cl.Cl. The van der Waals surface area contributed by atoms with Crippen molar-refractivity contribution in [2.45, 2.75) is 51.9 Å². The summed E-state index contributed by atoms with van der Waals surface area (Å²) in [6.45, 7) is 12.0. The first-order valence-electron chi connectivity index (χ1n) is 13.4. The van der Waals surface area contributed by atoms with Crippen molar-refractivity contribution in [1.29, 1.82) is 0 Å². The molecule has 0 radical (unpaired) electrons. The number of rotatable bonds is 6. The van der Waals surface area contributed by atoms with Crippen LogP contribution in [0.5, 0.6) is 0 Å². The van der Waals surface area contributed by atoms with Crippen LogP contribution >= 0.6 is 48.0 Å². The summed E-state index contributed by atoms with van der Waals surface area (Å²) in [6.07, 6.45) is 0. The average molecular weight is 685 g/mol. The number of nitrogens with zero attached hydrogens (tertiary/aromatic N) is 8. The predicted molar refractivity (Wildman–Crippen MR) is 175 cm³/mol. The van der Waals surface area contributed by atoms with Crippen LogP contribution in [0.1, 0.15) is 27.7 Å². The van der Waals surface area contributed by atoms with Crippen LogP contribution in [-0.2, 0) is 9.59 Å². The van der Waals surface area contributed by atoms with Crippen molar-refractivity contribution < 1.29 is 14.7 Å². The van der Waals surface area contributed by atoms with Crippen LogP contribution in [0.25, 0.3) is 0 Å². The van der Waals surface area contributed by atoms with Crippen LogP contribution in [0, 0.1) is 0 Å². The Kier molecular flexibility index (Phi) is 15.2. The Morgan fingerprint density at radius 2 is 1.23 bits per heavy atom. The van der Waals surface area contributed by atoms with Crippen LogP contribution in [0.3, 0.4) is 0 Å². The number of amides is 1. The monoisotopic (exact) mass is 683 g/mol. The molecule has 2 aliphatic heterocycles. The van der Waals surface area contributed by atoms with Crippen LogP contribution in [0.15, 0.2) is 12.1 Å². The summed E-state index contributed by atoms with van der Waals surface area (Å²) in [4.78, 5) is 31.2. The van der Waals surface area contributed by atoms with Gasteiger partial charge in [-0.3, -0.25) is 19.4 Å². The maximum absolute atomic E-state index is 11.8. The molecule has 2 saturated heterocycles. The van der Waals surface area contributed by atoms with Gasteiger partial charge in [-0.2, -0.15) is 0 Å². The van der Waals surface area contributed by atoms with Gasteiger partial charge in [-0.15, -0.1) is 45.2 Å². The zero-order chi connectivity index (χ0) is 30.4. The molecule has 2 fully saturated rings. The number of carbonyl (C=O) groups excluding carboxylic acids is 1. The van der Waals surface area contributed by atoms with Gasteiger partial charge >= 0.3 is 5.97 Å². The molecule has 0 aromatic carbocycles. The molecule has 2 aliphatic rings. The maximum atomic E-state index is 11.8. The second kappa shape index (κ2) is 17.0. The van der Waals surface area contributed by atoms with Gasteiger partial charge in [-0.05, 0) is 27.7 Å². The zero-order valence-electron chi connectivity index (χ0n) is 24.8. The van der Waals surface area contributed by atoms with E-state index in [9.17, 15) is 9.59 Å². The zero-order valence-corrected chi connectivity index (χ0v) is 27.9. The lowest BCUT2D eigenvalue weighted by Crippen LogP contribution is -2.58. The van der Waals surface area contributed by atoms with Crippen molar-refractivity contribution in [3.8, 4) is 0 Å². The lowest BCUT2D eigenvalue weighted by molar-refractivity contribution is -0.143. The number of carboxylic acids is 1. The largest absolute Gasteiger partial charge is 0.480 e. The van der Waals surface area contributed by atoms with E-state index in [4.69, 9.17) is 39.8 Å². The van der Waals surface area contributed by atoms with Crippen molar-refractivity contribution in [2.24, 2.45) is 0 Å². The summed E-state index contributed by atoms with van der Waals surface area (Å²) in [5.41, 5.74) is 13.3. The number of halogens is 4. The highest BCUT2D eigenvalue weighted by molar-refractivity contribution is 6.30. The number of likely N-dealkylation sites (N-methyl/N-ethyl adjacent to an activating group) is 1. The molecule has 2 unspecified atom stereocenters. The quantitative estimate of drug-likeness (QED) is 0.346. The molecule has 0 saturated carbocycles. The Morgan fingerprint density at radius 3 is 1.58 bits per heavy atom. The van der Waals surface area contributed by atoms with Crippen molar-refractivity contribution in [2.75, 3.05) is 67.6 Å². The molecule has 4 heterocycles. The van der Waals surface area contributed by atoms with Gasteiger partial charge in [-0.25, -0.2) is 0 Å². The van der Waals surface area contributed by atoms with E-state index in [1.165, 1.54) is 0 Å². The number of carbonyl (C=O) groups is 2. The number of piperazine rings is 2. The van der Waals surface area contributed by atoms with Crippen molar-refractivity contribution in [3.05, 3.63) is 22.4 Å². The van der Waals surface area contributed by atoms with Gasteiger partial charge in [0.1, 0.15) is 6.04 Å². The Morgan fingerprint density at radius 1 is 0.837 bits per heavy atom. The van der Waals surface area contributed by atoms with E-state index < -0.39 is 12.0 Å². The van der Waals surface area contributed by atoms with E-state index in [-0.39, 0.29) is 48.8 Å². The van der Waals surface area contributed by atoms with Crippen LogP contribution < -0.4 is 26.6 Å². The van der Waals surface area contributed by atoms with Crippen LogP contribution in [0.2, 0.25) is 10.3 Å². The van der Waals surface area contributed by atoms with Gasteiger partial charge in [0.15, 0.2) is 21.9 Å². The van der Waals surface area contributed by atoms with Gasteiger partial charge in [0.05, 0.1) is 17.4 Å². The molecule has 4 atom stereocenters. The summed E-state index contributed by atoms with van der Waals surface area (Å²) >= 11 is 11.7. The highest BCUT2D eigenvalue weighted by Crippen LogP contribution is 2.27. The standard InChI is InChI=1S/C13H21ClN6O.C12H18ClN5O2.2ClH/c1-8-7-19(10-6-11(14)17-18-12(10)15)4-5-20(8)9(2)13(21)16-3;1-7-6-17(3-4-18(7)8(2)12(19)20)9-5-10(13)15-16-11(9)14;;/h6,8-9H,4-5,7H2,1-3H3,(H2,15,18)(H,16,21);5,7-8H,3-4,6H2,1-2H3,(H2,14,16)(H,19,20);2*1H/t8-,9?;7-,8?;;/m11../s1. The molecule has 0 bridgehead atoms. The van der Waals surface area contributed by atoms with Gasteiger partial charge in [0.25, 0.3) is 0 Å². The molecular formula is C25H41Cl4N11O3. The number of nitrogens with two attached hydrogens (primary N) is 2. The first-order valence-corrected chi connectivity index (χ1v) is 14.1. The third-order valence-corrected chi connectivity index (χ3v) is 7.93. The fraction of sp³-hybridized carbons (Fsp3) is 0.600. The summed E-state index contributed by atoms with van der Waals surface area (Å²) in [6, 6.07) is 3.09. The lowest BCUT2D eigenvalue weighted by Gasteiger charge is -2.43. The maximum Gasteiger partial charge on any atom is 0.320 e. The van der Waals surface area contributed by atoms with Crippen molar-refractivity contribution >= 4 is 82.9 Å². The molecule has 2 aromatic heterocycles. The number of hydrogen-bond acceptors (Lipinski definition) is 12. The fourth-order valence-corrected chi connectivity index (χ4v) is 5.56. The van der Waals surface area contributed by atoms with E-state index in [1.54, 1.807) is 26.1 Å². The predicted octanol–water partition coefficient (Wildman–Crippen LogP) is 1.90. The van der Waals surface area contributed by atoms with Gasteiger partial charge in [-0.1, -0.05) is 23.2 Å². The van der Waals surface area contributed by atoms with E-state index in [2.05, 4.69) is 47.3 Å². The summed E-state index contributed by atoms with van der Waals surface area (Å²) < 4.78 is 0. The first kappa shape index (κ1) is 38.4. The molecule has 0 aliphatic carbocycles. The number of aromatic nitrogens is 4. The molecule has 242 valence electrons. The van der Waals surface area contributed by atoms with E-state index in [1.807, 2.05) is 18.7 Å². The van der Waals surface area contributed by atoms with Gasteiger partial charge in [0.2, 0.25) is 5.91 Å². The minimum atomic E-state index is -0.807. The summed E-state index contributed by atoms with van der Waals surface area (Å²) in [5.74, 6) is -0.0670. The Balaban J connectivity index is 0.000000411. The van der Waals surface area contributed by atoms with Crippen molar-refractivity contribution in [1.82, 2.24) is 35.5 Å². The van der Waals surface area contributed by atoms with E-state index >= 15 is 0 Å². The van der Waals surface area contributed by atoms with E-state index in [0.29, 0.717) is 41.6 Å². The smallest absolute Gasteiger partial charge is 0.320 e. The number of aliphatic carboxylic acids is 1. The first-order chi connectivity index (χ1) is 19.3. The minimum absolute atomic E-state index is 0. The van der Waals surface area contributed by atoms with Crippen LogP contribution in [0.4, 0.5) is 23.0 Å². The Hall–Kier alpha value is -2.62. The number of carboxylic acid groups (broad SMARTS) is 1. The highest BCUT2D eigenvalue weighted by Gasteiger charge is 2.32. The molecule has 43 heavy (non-hydrogen) atoms. The third-order valence-electron chi connectivity index (χ3n) is 7.56. The van der Waals surface area contributed by atoms with Crippen molar-refractivity contribution in [3.63, 3.8) is 0 Å². The topological polar surface area (TPSA) is 183 Å². The average Bonchev–Trinajstić information content (AvgIpc) is 2.94. The molecule has 18 heteroatoms. The summed E-state index contributed by atoms with van der Waals surface area (Å²) in [7, 11) is 1.66. The number of anilines is 4. The van der Waals surface area contributed by atoms with Crippen LogP contribution in [-0.4, -0.2) is 118 Å². The summed E-state index contributed by atoms with van der Waals surface area (Å²) in [5, 5.41) is 27.5. The number of hydrogen-bond donors (Lipinski definition) is 4. The fourth-order valence-electron chi connectivity index (χ4n) is 5.28. The molecular weight excluding hydrogens is 644 g/mol. The minimum Gasteiger partial charge on any atom is -0.480 e. The highest BCUT2D eigenvalue weighted by atomic mass is 35.5. The van der Waals surface area contributed by atoms with Gasteiger partial charge < -0.3 is 31.7 Å². The normalized spacial score (nSPS) is 20.4. The number of nitrogens with one attached hydrogen (secondary N) is 1. The third kappa shape index (κ3) is 9.68. The number of nitrogen functional groups attached to an aromatic ring is 2. The molecule has 14 nitrogen and oxygen atoms in total. The Bertz CT molecular complexity index is 1230. The second-order valence-electron chi connectivity index (χ2n) is 10.2. The molecule has 6 N–H and O–H groups in total. The lowest BCUT2D eigenvalue weighted by atomic mass is 10.1. The van der Waals surface area contributed by atoms with E-state index in [0.717, 1.165) is 31.0 Å². The van der Waals surface area contributed by atoms with Gasteiger partial charge in [0, 0.05) is 70.5 Å².